The summed E-state index contributed by atoms with van der Waals surface area (Å²) in [5.41, 5.74) is -0.737. The average molecular weight is 256 g/mol. The van der Waals surface area contributed by atoms with E-state index in [9.17, 15) is 9.59 Å². The largest absolute Gasteiger partial charge is 0.469 e. The van der Waals surface area contributed by atoms with Gasteiger partial charge in [0.2, 0.25) is 0 Å². The van der Waals surface area contributed by atoms with E-state index in [1.54, 1.807) is 6.08 Å². The summed E-state index contributed by atoms with van der Waals surface area (Å²) in [7, 11) is 2.76. The third-order valence-corrected chi connectivity index (χ3v) is 2.72. The van der Waals surface area contributed by atoms with E-state index in [1.807, 2.05) is 33.8 Å². The highest BCUT2D eigenvalue weighted by atomic mass is 16.5. The molecular formula is C14H24O4. The Balaban J connectivity index is 4.56. The number of ether oxygens (including phenoxy) is 2. The maximum Gasteiger partial charge on any atom is 0.311 e. The van der Waals surface area contributed by atoms with Gasteiger partial charge in [0.05, 0.1) is 26.1 Å². The Labute approximate surface area is 109 Å². The Morgan fingerprint density at radius 3 is 2.06 bits per heavy atom. The lowest BCUT2D eigenvalue weighted by molar-refractivity contribution is -0.152. The molecule has 0 bridgehead atoms. The van der Waals surface area contributed by atoms with E-state index in [0.29, 0.717) is 6.42 Å². The first-order valence-corrected chi connectivity index (χ1v) is 5.97. The maximum atomic E-state index is 11.6. The van der Waals surface area contributed by atoms with Crippen molar-refractivity contribution in [3.63, 3.8) is 0 Å². The zero-order valence-corrected chi connectivity index (χ0v) is 12.2. The number of carbonyl (C=O) groups is 2. The van der Waals surface area contributed by atoms with Gasteiger partial charge in [-0.05, 0) is 25.7 Å². The van der Waals surface area contributed by atoms with Gasteiger partial charge in [-0.15, -0.1) is 0 Å². The van der Waals surface area contributed by atoms with Crippen LogP contribution in [-0.2, 0) is 19.1 Å². The fourth-order valence-electron chi connectivity index (χ4n) is 2.10. The third kappa shape index (κ3) is 5.84. The van der Waals surface area contributed by atoms with Gasteiger partial charge in [0, 0.05) is 0 Å². The van der Waals surface area contributed by atoms with E-state index >= 15 is 0 Å². The fourth-order valence-corrected chi connectivity index (χ4v) is 2.10. The standard InChI is InChI=1S/C14H24O4/c1-13(2,9-7-8-11(15)17-5)10-14(3,4)12(16)18-6/h7,9H,8,10H2,1-6H3/b9-7-. The van der Waals surface area contributed by atoms with Gasteiger partial charge in [-0.1, -0.05) is 26.0 Å². The topological polar surface area (TPSA) is 52.6 Å². The molecule has 0 amide bonds. The first-order valence-electron chi connectivity index (χ1n) is 5.97. The molecule has 0 aromatic rings. The van der Waals surface area contributed by atoms with Crippen LogP contribution in [0.5, 0.6) is 0 Å². The summed E-state index contributed by atoms with van der Waals surface area (Å²) < 4.78 is 9.34. The number of rotatable bonds is 6. The summed E-state index contributed by atoms with van der Waals surface area (Å²) >= 11 is 0. The normalized spacial score (nSPS) is 12.6. The number of methoxy groups -OCH3 is 2. The van der Waals surface area contributed by atoms with Crippen LogP contribution in [0.1, 0.15) is 40.5 Å². The minimum Gasteiger partial charge on any atom is -0.469 e. The van der Waals surface area contributed by atoms with Crippen molar-refractivity contribution in [2.45, 2.75) is 40.5 Å². The molecular weight excluding hydrogens is 232 g/mol. The number of allylic oxidation sites excluding steroid dienone is 1. The van der Waals surface area contributed by atoms with Crippen molar-refractivity contribution in [2.24, 2.45) is 10.8 Å². The van der Waals surface area contributed by atoms with Gasteiger partial charge < -0.3 is 9.47 Å². The third-order valence-electron chi connectivity index (χ3n) is 2.72. The molecule has 18 heavy (non-hydrogen) atoms. The summed E-state index contributed by atoms with van der Waals surface area (Å²) in [6.07, 6.45) is 4.61. The molecule has 4 nitrogen and oxygen atoms in total. The molecule has 0 aromatic carbocycles. The van der Waals surface area contributed by atoms with Crippen molar-refractivity contribution >= 4 is 11.9 Å². The fraction of sp³-hybridized carbons (Fsp3) is 0.714. The molecule has 0 radical (unpaired) electrons. The zero-order valence-electron chi connectivity index (χ0n) is 12.2. The van der Waals surface area contributed by atoms with E-state index in [-0.39, 0.29) is 23.8 Å². The second-order valence-corrected chi connectivity index (χ2v) is 5.72. The Kier molecular flexibility index (Phi) is 6.09. The Bertz CT molecular complexity index is 327. The number of hydrogen-bond acceptors (Lipinski definition) is 4. The molecule has 0 atom stereocenters. The van der Waals surface area contributed by atoms with Crippen LogP contribution in [0.15, 0.2) is 12.2 Å². The summed E-state index contributed by atoms with van der Waals surface area (Å²) in [5.74, 6) is -0.494. The zero-order chi connectivity index (χ0) is 14.4. The highest BCUT2D eigenvalue weighted by molar-refractivity contribution is 5.75. The van der Waals surface area contributed by atoms with Crippen LogP contribution in [-0.4, -0.2) is 26.2 Å². The van der Waals surface area contributed by atoms with Gasteiger partial charge in [-0.25, -0.2) is 0 Å². The van der Waals surface area contributed by atoms with E-state index in [0.717, 1.165) is 0 Å². The summed E-state index contributed by atoms with van der Waals surface area (Å²) in [6.45, 7) is 7.75. The highest BCUT2D eigenvalue weighted by Crippen LogP contribution is 2.35. The maximum absolute atomic E-state index is 11.6. The van der Waals surface area contributed by atoms with Crippen molar-refractivity contribution < 1.29 is 19.1 Å². The molecule has 0 aliphatic carbocycles. The molecule has 4 heteroatoms. The summed E-state index contributed by atoms with van der Waals surface area (Å²) in [5, 5.41) is 0. The predicted octanol–water partition coefficient (Wildman–Crippen LogP) is 2.72. The SMILES string of the molecule is COC(=O)C/C=C\C(C)(C)CC(C)(C)C(=O)OC. The van der Waals surface area contributed by atoms with Gasteiger partial charge in [0.1, 0.15) is 0 Å². The molecule has 0 spiro atoms. The monoisotopic (exact) mass is 256 g/mol. The first-order chi connectivity index (χ1) is 8.14. The highest BCUT2D eigenvalue weighted by Gasteiger charge is 2.34. The molecule has 104 valence electrons. The minimum absolute atomic E-state index is 0.189. The Morgan fingerprint density at radius 1 is 1.06 bits per heavy atom. The second-order valence-electron chi connectivity index (χ2n) is 5.72. The van der Waals surface area contributed by atoms with Crippen molar-refractivity contribution in [2.75, 3.05) is 14.2 Å². The molecule has 0 heterocycles. The molecule has 0 aliphatic heterocycles. The van der Waals surface area contributed by atoms with E-state index in [4.69, 9.17) is 4.74 Å². The molecule has 0 N–H and O–H groups in total. The van der Waals surface area contributed by atoms with Gasteiger partial charge in [-0.3, -0.25) is 9.59 Å². The predicted molar refractivity (Wildman–Crippen MR) is 70.0 cm³/mol. The van der Waals surface area contributed by atoms with E-state index in [2.05, 4.69) is 4.74 Å². The lowest BCUT2D eigenvalue weighted by atomic mass is 9.75. The van der Waals surface area contributed by atoms with Gasteiger partial charge in [0.25, 0.3) is 0 Å². The lowest BCUT2D eigenvalue weighted by Gasteiger charge is -2.30. The molecule has 0 unspecified atom stereocenters. The van der Waals surface area contributed by atoms with Gasteiger partial charge in [0.15, 0.2) is 0 Å². The van der Waals surface area contributed by atoms with Crippen LogP contribution in [0, 0.1) is 10.8 Å². The van der Waals surface area contributed by atoms with Gasteiger partial charge in [-0.2, -0.15) is 0 Å². The van der Waals surface area contributed by atoms with Crippen molar-refractivity contribution in [1.29, 1.82) is 0 Å². The van der Waals surface area contributed by atoms with Crippen molar-refractivity contribution in [3.8, 4) is 0 Å². The summed E-state index contributed by atoms with van der Waals surface area (Å²) in [4.78, 5) is 22.6. The number of esters is 2. The van der Waals surface area contributed by atoms with E-state index < -0.39 is 5.41 Å². The first kappa shape index (κ1) is 16.7. The molecule has 0 aliphatic rings. The summed E-state index contributed by atoms with van der Waals surface area (Å²) in [6, 6.07) is 0. The Morgan fingerprint density at radius 2 is 1.61 bits per heavy atom. The molecule has 0 saturated heterocycles. The van der Waals surface area contributed by atoms with Crippen LogP contribution < -0.4 is 0 Å². The number of carbonyl (C=O) groups excluding carboxylic acids is 2. The average Bonchev–Trinajstić information content (AvgIpc) is 2.25. The van der Waals surface area contributed by atoms with Crippen molar-refractivity contribution in [3.05, 3.63) is 12.2 Å². The quantitative estimate of drug-likeness (QED) is 0.541. The lowest BCUT2D eigenvalue weighted by Crippen LogP contribution is -2.30. The van der Waals surface area contributed by atoms with Crippen molar-refractivity contribution in [1.82, 2.24) is 0 Å². The minimum atomic E-state index is -0.548. The van der Waals surface area contributed by atoms with Crippen LogP contribution in [0.3, 0.4) is 0 Å². The smallest absolute Gasteiger partial charge is 0.311 e. The van der Waals surface area contributed by atoms with Crippen LogP contribution in [0.25, 0.3) is 0 Å². The molecule has 0 aromatic heterocycles. The van der Waals surface area contributed by atoms with Gasteiger partial charge >= 0.3 is 11.9 Å². The Hall–Kier alpha value is -1.32. The van der Waals surface area contributed by atoms with E-state index in [1.165, 1.54) is 14.2 Å². The second kappa shape index (κ2) is 6.57. The molecule has 0 rings (SSSR count). The van der Waals surface area contributed by atoms with Crippen LogP contribution >= 0.6 is 0 Å². The molecule has 0 saturated carbocycles. The molecule has 0 fully saturated rings. The van der Waals surface area contributed by atoms with Crippen LogP contribution in [0.2, 0.25) is 0 Å². The number of hydrogen-bond donors (Lipinski definition) is 0. The van der Waals surface area contributed by atoms with Crippen LogP contribution in [0.4, 0.5) is 0 Å².